The molecule has 0 N–H and O–H groups in total. The molecule has 2 nitrogen and oxygen atoms in total. The zero-order valence-corrected chi connectivity index (χ0v) is 36.3. The fourth-order valence-corrected chi connectivity index (χ4v) is 10.2. The summed E-state index contributed by atoms with van der Waals surface area (Å²) in [6, 6.07) is 2.87. The smallest absolute Gasteiger partial charge is 0.177 e. The Bertz CT molecular complexity index is 527. The molecule has 0 rings (SSSR count). The topological polar surface area (TPSA) is 12.5 Å². The SMILES string of the molecule is CCCCCCCCCCCC[SiH](CCCCCCCCCCCC)OCCN(CCCCCCCCCC)CCCCCCCCCC. The van der Waals surface area contributed by atoms with Gasteiger partial charge in [-0.25, -0.2) is 0 Å². The number of hydrogen-bond acceptors (Lipinski definition) is 2. The first-order chi connectivity index (χ1) is 24.3. The number of rotatable bonds is 44. The third kappa shape index (κ3) is 40.8. The number of hydrogen-bond donors (Lipinski definition) is 0. The molecular weight excluding hydrogens is 611 g/mol. The zero-order chi connectivity index (χ0) is 35.6. The van der Waals surface area contributed by atoms with Gasteiger partial charge < -0.3 is 9.33 Å². The van der Waals surface area contributed by atoms with Crippen molar-refractivity contribution in [3.8, 4) is 0 Å². The average Bonchev–Trinajstić information content (AvgIpc) is 3.11. The fraction of sp³-hybridized carbons (Fsp3) is 1.00. The van der Waals surface area contributed by atoms with Crippen molar-refractivity contribution in [2.24, 2.45) is 0 Å². The number of unbranched alkanes of at least 4 members (excludes halogenated alkanes) is 32. The normalized spacial score (nSPS) is 11.9. The Balaban J connectivity index is 4.58. The van der Waals surface area contributed by atoms with Gasteiger partial charge in [0.15, 0.2) is 9.04 Å². The molecule has 0 aliphatic carbocycles. The molecule has 0 aliphatic heterocycles. The monoisotopic (exact) mass is 708 g/mol. The van der Waals surface area contributed by atoms with E-state index in [4.69, 9.17) is 4.43 Å². The van der Waals surface area contributed by atoms with E-state index in [1.807, 2.05) is 0 Å². The predicted molar refractivity (Wildman–Crippen MR) is 228 cm³/mol. The summed E-state index contributed by atoms with van der Waals surface area (Å²) in [7, 11) is -1.08. The van der Waals surface area contributed by atoms with Crippen molar-refractivity contribution in [2.45, 2.75) is 271 Å². The molecule has 296 valence electrons. The van der Waals surface area contributed by atoms with Crippen molar-refractivity contribution in [1.29, 1.82) is 0 Å². The molecule has 0 aromatic heterocycles. The summed E-state index contributed by atoms with van der Waals surface area (Å²) in [5, 5.41) is 0. The Kier molecular flexibility index (Phi) is 44.4. The fourth-order valence-electron chi connectivity index (χ4n) is 7.65. The maximum atomic E-state index is 6.90. The van der Waals surface area contributed by atoms with Gasteiger partial charge in [0.05, 0.1) is 0 Å². The van der Waals surface area contributed by atoms with E-state index in [1.165, 1.54) is 263 Å². The largest absolute Gasteiger partial charge is 0.419 e. The minimum absolute atomic E-state index is 1.01. The lowest BCUT2D eigenvalue weighted by molar-refractivity contribution is 0.201. The van der Waals surface area contributed by atoms with E-state index in [0.29, 0.717) is 0 Å². The van der Waals surface area contributed by atoms with E-state index in [0.717, 1.165) is 6.61 Å². The van der Waals surface area contributed by atoms with Gasteiger partial charge in [-0.2, -0.15) is 0 Å². The standard InChI is InChI=1S/C46H97NOSi/c1-5-9-13-17-21-25-27-31-35-39-45-49(46-40-36-32-28-26-22-18-14-10-6-2)48-44-43-47(41-37-33-29-23-19-15-11-7-3)42-38-34-30-24-20-16-12-8-4/h49H,5-46H2,1-4H3. The summed E-state index contributed by atoms with van der Waals surface area (Å²) in [4.78, 5) is 2.81. The lowest BCUT2D eigenvalue weighted by Crippen LogP contribution is -2.32. The van der Waals surface area contributed by atoms with Crippen LogP contribution in [0.3, 0.4) is 0 Å². The van der Waals surface area contributed by atoms with Crippen LogP contribution in [0.25, 0.3) is 0 Å². The van der Waals surface area contributed by atoms with E-state index in [9.17, 15) is 0 Å². The summed E-state index contributed by atoms with van der Waals surface area (Å²) >= 11 is 0. The van der Waals surface area contributed by atoms with E-state index in [-0.39, 0.29) is 0 Å². The molecule has 0 radical (unpaired) electrons. The summed E-state index contributed by atoms with van der Waals surface area (Å²) in [6.45, 7) is 14.1. The van der Waals surface area contributed by atoms with Gasteiger partial charge in [0, 0.05) is 13.2 Å². The van der Waals surface area contributed by atoms with Crippen molar-refractivity contribution >= 4 is 9.04 Å². The number of nitrogens with zero attached hydrogens (tertiary/aromatic N) is 1. The van der Waals surface area contributed by atoms with Gasteiger partial charge >= 0.3 is 0 Å². The average molecular weight is 708 g/mol. The van der Waals surface area contributed by atoms with Gasteiger partial charge in [-0.05, 0) is 38.0 Å². The van der Waals surface area contributed by atoms with Crippen LogP contribution in [0.15, 0.2) is 0 Å². The highest BCUT2D eigenvalue weighted by Crippen LogP contribution is 2.18. The highest BCUT2D eigenvalue weighted by Gasteiger charge is 2.13. The third-order valence-corrected chi connectivity index (χ3v) is 14.0. The Morgan fingerprint density at radius 2 is 0.531 bits per heavy atom. The van der Waals surface area contributed by atoms with Crippen LogP contribution in [-0.2, 0) is 4.43 Å². The van der Waals surface area contributed by atoms with Crippen molar-refractivity contribution < 1.29 is 4.43 Å². The van der Waals surface area contributed by atoms with Crippen LogP contribution in [0.5, 0.6) is 0 Å². The zero-order valence-electron chi connectivity index (χ0n) is 35.1. The van der Waals surface area contributed by atoms with Gasteiger partial charge in [0.1, 0.15) is 0 Å². The van der Waals surface area contributed by atoms with Crippen molar-refractivity contribution in [3.05, 3.63) is 0 Å². The van der Waals surface area contributed by atoms with Crippen LogP contribution < -0.4 is 0 Å². The molecule has 49 heavy (non-hydrogen) atoms. The van der Waals surface area contributed by atoms with Gasteiger partial charge in [-0.15, -0.1) is 0 Å². The molecule has 0 amide bonds. The van der Waals surface area contributed by atoms with Crippen LogP contribution in [0.1, 0.15) is 259 Å². The van der Waals surface area contributed by atoms with Crippen molar-refractivity contribution in [1.82, 2.24) is 4.90 Å². The lowest BCUT2D eigenvalue weighted by Gasteiger charge is -2.24. The molecule has 0 spiro atoms. The molecule has 0 atom stereocenters. The maximum Gasteiger partial charge on any atom is 0.177 e. The Morgan fingerprint density at radius 3 is 0.816 bits per heavy atom. The van der Waals surface area contributed by atoms with Crippen LogP contribution in [0.4, 0.5) is 0 Å². The minimum atomic E-state index is -1.08. The molecule has 0 saturated heterocycles. The second kappa shape index (κ2) is 44.3. The highest BCUT2D eigenvalue weighted by atomic mass is 28.3. The van der Waals surface area contributed by atoms with E-state index in [2.05, 4.69) is 32.6 Å². The maximum absolute atomic E-state index is 6.90. The second-order valence-electron chi connectivity index (χ2n) is 16.2. The molecule has 0 fully saturated rings. The predicted octanol–water partition coefficient (Wildman–Crippen LogP) is 16.2. The van der Waals surface area contributed by atoms with Crippen LogP contribution >= 0.6 is 0 Å². The summed E-state index contributed by atoms with van der Waals surface area (Å²) in [5.41, 5.74) is 0. The van der Waals surface area contributed by atoms with Crippen molar-refractivity contribution in [3.63, 3.8) is 0 Å². The lowest BCUT2D eigenvalue weighted by atomic mass is 10.1. The quantitative estimate of drug-likeness (QED) is 0.0462. The molecule has 0 aromatic rings. The first-order valence-electron chi connectivity index (χ1n) is 23.6. The summed E-state index contributed by atoms with van der Waals surface area (Å²) < 4.78 is 6.90. The molecule has 3 heteroatoms. The van der Waals surface area contributed by atoms with Gasteiger partial charge in [-0.1, -0.05) is 246 Å². The second-order valence-corrected chi connectivity index (χ2v) is 19.0. The Morgan fingerprint density at radius 1 is 0.286 bits per heavy atom. The van der Waals surface area contributed by atoms with E-state index in [1.54, 1.807) is 0 Å². The van der Waals surface area contributed by atoms with Crippen molar-refractivity contribution in [2.75, 3.05) is 26.2 Å². The molecule has 0 aliphatic rings. The Labute approximate surface area is 314 Å². The Hall–Kier alpha value is 0.137. The van der Waals surface area contributed by atoms with Gasteiger partial charge in [-0.3, -0.25) is 0 Å². The van der Waals surface area contributed by atoms with Gasteiger partial charge in [0.2, 0.25) is 0 Å². The van der Waals surface area contributed by atoms with E-state index < -0.39 is 9.04 Å². The van der Waals surface area contributed by atoms with Crippen LogP contribution in [0.2, 0.25) is 12.1 Å². The molecule has 0 aromatic carbocycles. The van der Waals surface area contributed by atoms with Gasteiger partial charge in [0.25, 0.3) is 0 Å². The molecule has 0 unspecified atom stereocenters. The minimum Gasteiger partial charge on any atom is -0.419 e. The van der Waals surface area contributed by atoms with E-state index >= 15 is 0 Å². The van der Waals surface area contributed by atoms with Crippen LogP contribution in [-0.4, -0.2) is 40.2 Å². The van der Waals surface area contributed by atoms with Crippen LogP contribution in [0, 0.1) is 0 Å². The highest BCUT2D eigenvalue weighted by molar-refractivity contribution is 6.51. The third-order valence-electron chi connectivity index (χ3n) is 11.2. The molecule has 0 bridgehead atoms. The first-order valence-corrected chi connectivity index (χ1v) is 25.7. The summed E-state index contributed by atoms with van der Waals surface area (Å²) in [5.74, 6) is 0. The molecular formula is C46H97NOSi. The first kappa shape index (κ1) is 49.1. The molecule has 0 saturated carbocycles. The molecule has 0 heterocycles. The summed E-state index contributed by atoms with van der Waals surface area (Å²) in [6.07, 6.45) is 51.7.